The first kappa shape index (κ1) is 15.7. The number of H-pyrrole nitrogens is 1. The molecule has 2 aliphatic rings. The Morgan fingerprint density at radius 2 is 2.12 bits per heavy atom. The normalized spacial score (nSPS) is 21.5. The first-order valence-corrected chi connectivity index (χ1v) is 8.90. The fraction of sp³-hybridized carbons (Fsp3) is 0.353. The molecule has 0 amide bonds. The molecule has 5 rings (SSSR count). The topological polar surface area (TPSA) is 91.0 Å². The zero-order valence-electron chi connectivity index (χ0n) is 14.2. The second kappa shape index (κ2) is 6.00. The molecule has 2 unspecified atom stereocenters. The molecule has 8 nitrogen and oxygen atoms in total. The van der Waals surface area contributed by atoms with Gasteiger partial charge in [-0.25, -0.2) is 4.98 Å². The second-order valence-electron chi connectivity index (χ2n) is 6.61. The number of nitrogens with zero attached hydrogens (tertiary/aromatic N) is 4. The molecular formula is C17H18ClN7O. The summed E-state index contributed by atoms with van der Waals surface area (Å²) in [5.74, 6) is 1.96. The highest BCUT2D eigenvalue weighted by atomic mass is 35.5. The SMILES string of the molecule is COc1cc2[nH]ncc2cc1Nc1nc(N2C3CNCC2C3)ncc1Cl. The molecule has 4 heterocycles. The smallest absolute Gasteiger partial charge is 0.227 e. The van der Waals surface area contributed by atoms with E-state index >= 15 is 0 Å². The van der Waals surface area contributed by atoms with Gasteiger partial charge in [0.15, 0.2) is 5.82 Å². The molecule has 2 aromatic heterocycles. The lowest BCUT2D eigenvalue weighted by molar-refractivity contribution is 0.258. The van der Waals surface area contributed by atoms with Gasteiger partial charge < -0.3 is 20.3 Å². The van der Waals surface area contributed by atoms with Gasteiger partial charge in [0.1, 0.15) is 10.8 Å². The van der Waals surface area contributed by atoms with Crippen LogP contribution >= 0.6 is 11.6 Å². The molecular weight excluding hydrogens is 354 g/mol. The van der Waals surface area contributed by atoms with Crippen molar-refractivity contribution in [3.8, 4) is 5.75 Å². The van der Waals surface area contributed by atoms with E-state index in [9.17, 15) is 0 Å². The van der Waals surface area contributed by atoms with Gasteiger partial charge in [0.25, 0.3) is 0 Å². The number of aromatic nitrogens is 4. The van der Waals surface area contributed by atoms with E-state index in [2.05, 4.69) is 35.7 Å². The Morgan fingerprint density at radius 1 is 1.27 bits per heavy atom. The number of hydrogen-bond donors (Lipinski definition) is 3. The van der Waals surface area contributed by atoms with Crippen molar-refractivity contribution in [3.63, 3.8) is 0 Å². The molecule has 134 valence electrons. The molecule has 2 aliphatic heterocycles. The number of piperidine rings is 1. The van der Waals surface area contributed by atoms with Gasteiger partial charge in [0, 0.05) is 36.6 Å². The minimum atomic E-state index is 0.458. The van der Waals surface area contributed by atoms with E-state index in [1.165, 1.54) is 6.42 Å². The number of anilines is 3. The van der Waals surface area contributed by atoms with Crippen molar-refractivity contribution in [2.24, 2.45) is 0 Å². The number of benzene rings is 1. The van der Waals surface area contributed by atoms with Crippen LogP contribution < -0.4 is 20.3 Å². The average Bonchev–Trinajstić information content (AvgIpc) is 3.11. The minimum absolute atomic E-state index is 0.458. The third kappa shape index (κ3) is 2.45. The Hall–Kier alpha value is -2.58. The quantitative estimate of drug-likeness (QED) is 0.648. The molecule has 0 spiro atoms. The standard InChI is InChI=1S/C17H18ClN7O/c1-26-15-4-13-9(5-21-24-13)2-14(15)22-16-12(18)8-20-17(23-16)25-10-3-11(25)7-19-6-10/h2,4-5,8,10-11,19H,3,6-7H2,1H3,(H,21,24)(H,20,22,23). The summed E-state index contributed by atoms with van der Waals surface area (Å²) in [6, 6.07) is 4.77. The van der Waals surface area contributed by atoms with Crippen LogP contribution in [0.25, 0.3) is 10.9 Å². The van der Waals surface area contributed by atoms with Gasteiger partial charge in [-0.3, -0.25) is 5.10 Å². The van der Waals surface area contributed by atoms with Gasteiger partial charge in [-0.15, -0.1) is 0 Å². The van der Waals surface area contributed by atoms with Crippen LogP contribution in [0.1, 0.15) is 6.42 Å². The molecule has 3 N–H and O–H groups in total. The summed E-state index contributed by atoms with van der Waals surface area (Å²) in [4.78, 5) is 11.4. The van der Waals surface area contributed by atoms with Crippen molar-refractivity contribution in [1.82, 2.24) is 25.5 Å². The van der Waals surface area contributed by atoms with Crippen LogP contribution in [-0.4, -0.2) is 52.4 Å². The predicted molar refractivity (Wildman–Crippen MR) is 101 cm³/mol. The third-order valence-electron chi connectivity index (χ3n) is 5.07. The van der Waals surface area contributed by atoms with Crippen molar-refractivity contribution in [2.45, 2.75) is 18.5 Å². The van der Waals surface area contributed by atoms with Crippen molar-refractivity contribution in [2.75, 3.05) is 30.4 Å². The lowest BCUT2D eigenvalue weighted by atomic mass is 9.89. The fourth-order valence-corrected chi connectivity index (χ4v) is 3.88. The molecule has 2 atom stereocenters. The van der Waals surface area contributed by atoms with Gasteiger partial charge in [0.2, 0.25) is 5.95 Å². The van der Waals surface area contributed by atoms with Crippen molar-refractivity contribution < 1.29 is 4.74 Å². The maximum absolute atomic E-state index is 6.35. The number of halogens is 1. The molecule has 0 saturated carbocycles. The summed E-state index contributed by atoms with van der Waals surface area (Å²) in [5.41, 5.74) is 1.68. The van der Waals surface area contributed by atoms with E-state index in [-0.39, 0.29) is 0 Å². The summed E-state index contributed by atoms with van der Waals surface area (Å²) in [5, 5.41) is 15.1. The van der Waals surface area contributed by atoms with Gasteiger partial charge in [0.05, 0.1) is 30.7 Å². The summed E-state index contributed by atoms with van der Waals surface area (Å²) in [6.07, 6.45) is 4.60. The number of nitrogens with one attached hydrogen (secondary N) is 3. The Bertz CT molecular complexity index is 961. The van der Waals surface area contributed by atoms with E-state index in [0.717, 1.165) is 29.7 Å². The first-order valence-electron chi connectivity index (χ1n) is 8.52. The Balaban J connectivity index is 1.49. The monoisotopic (exact) mass is 371 g/mol. The Labute approximate surface area is 154 Å². The van der Waals surface area contributed by atoms with Crippen LogP contribution in [0.4, 0.5) is 17.5 Å². The zero-order chi connectivity index (χ0) is 17.7. The maximum Gasteiger partial charge on any atom is 0.227 e. The number of piperazine rings is 1. The van der Waals surface area contributed by atoms with E-state index in [1.807, 2.05) is 12.1 Å². The molecule has 9 heteroatoms. The van der Waals surface area contributed by atoms with Crippen LogP contribution in [0, 0.1) is 0 Å². The minimum Gasteiger partial charge on any atom is -0.494 e. The van der Waals surface area contributed by atoms with Gasteiger partial charge >= 0.3 is 0 Å². The number of fused-ring (bicyclic) bond motifs is 3. The molecule has 1 aromatic carbocycles. The number of methoxy groups -OCH3 is 1. The van der Waals surface area contributed by atoms with Crippen LogP contribution in [-0.2, 0) is 0 Å². The molecule has 3 aromatic rings. The second-order valence-corrected chi connectivity index (χ2v) is 7.02. The molecule has 26 heavy (non-hydrogen) atoms. The van der Waals surface area contributed by atoms with Gasteiger partial charge in [-0.1, -0.05) is 11.6 Å². The van der Waals surface area contributed by atoms with E-state index in [4.69, 9.17) is 16.3 Å². The molecule has 2 fully saturated rings. The first-order chi connectivity index (χ1) is 12.7. The lowest BCUT2D eigenvalue weighted by Gasteiger charge is -2.53. The zero-order valence-corrected chi connectivity index (χ0v) is 14.9. The molecule has 2 bridgehead atoms. The highest BCUT2D eigenvalue weighted by Crippen LogP contribution is 2.36. The van der Waals surface area contributed by atoms with Crippen LogP contribution in [0.5, 0.6) is 5.75 Å². The van der Waals surface area contributed by atoms with Crippen LogP contribution in [0.15, 0.2) is 24.5 Å². The van der Waals surface area contributed by atoms with Crippen molar-refractivity contribution in [1.29, 1.82) is 0 Å². The summed E-state index contributed by atoms with van der Waals surface area (Å²) in [7, 11) is 1.63. The number of ether oxygens (including phenoxy) is 1. The number of rotatable bonds is 4. The Kier molecular flexibility index (Phi) is 3.61. The highest BCUT2D eigenvalue weighted by molar-refractivity contribution is 6.33. The van der Waals surface area contributed by atoms with E-state index in [0.29, 0.717) is 34.6 Å². The number of hydrogen-bond acceptors (Lipinski definition) is 7. The highest BCUT2D eigenvalue weighted by Gasteiger charge is 2.42. The van der Waals surface area contributed by atoms with Crippen LogP contribution in [0.2, 0.25) is 5.02 Å². The average molecular weight is 372 g/mol. The summed E-state index contributed by atoms with van der Waals surface area (Å²) >= 11 is 6.35. The third-order valence-corrected chi connectivity index (χ3v) is 5.34. The predicted octanol–water partition coefficient (Wildman–Crippen LogP) is 2.31. The van der Waals surface area contributed by atoms with Gasteiger partial charge in [-0.05, 0) is 12.5 Å². The molecule has 0 aliphatic carbocycles. The maximum atomic E-state index is 6.35. The van der Waals surface area contributed by atoms with Crippen molar-refractivity contribution in [3.05, 3.63) is 29.5 Å². The lowest BCUT2D eigenvalue weighted by Crippen LogP contribution is -2.68. The fourth-order valence-electron chi connectivity index (χ4n) is 3.74. The largest absolute Gasteiger partial charge is 0.494 e. The Morgan fingerprint density at radius 3 is 2.88 bits per heavy atom. The van der Waals surface area contributed by atoms with Gasteiger partial charge in [-0.2, -0.15) is 10.1 Å². The van der Waals surface area contributed by atoms with E-state index in [1.54, 1.807) is 19.5 Å². The van der Waals surface area contributed by atoms with Crippen molar-refractivity contribution >= 4 is 40.0 Å². The van der Waals surface area contributed by atoms with E-state index < -0.39 is 0 Å². The molecule has 0 radical (unpaired) electrons. The molecule has 2 saturated heterocycles. The summed E-state index contributed by atoms with van der Waals surface area (Å²) in [6.45, 7) is 1.94. The summed E-state index contributed by atoms with van der Waals surface area (Å²) < 4.78 is 5.49. The van der Waals surface area contributed by atoms with Crippen LogP contribution in [0.3, 0.4) is 0 Å². The number of aromatic amines is 1.